The van der Waals surface area contributed by atoms with Crippen LogP contribution in [0, 0.1) is 5.82 Å². The molecule has 5 rings (SSSR count). The fraction of sp³-hybridized carbons (Fsp3) is 0.160. The zero-order chi connectivity index (χ0) is 23.7. The quantitative estimate of drug-likeness (QED) is 0.389. The number of nitrogens with one attached hydrogen (secondary N) is 1. The summed E-state index contributed by atoms with van der Waals surface area (Å²) in [6.45, 7) is 2.27. The summed E-state index contributed by atoms with van der Waals surface area (Å²) in [6, 6.07) is 16.6. The van der Waals surface area contributed by atoms with Crippen LogP contribution in [0.1, 0.15) is 29.3 Å². The van der Waals surface area contributed by atoms with Gasteiger partial charge >= 0.3 is 6.03 Å². The first kappa shape index (κ1) is 21.8. The van der Waals surface area contributed by atoms with Crippen molar-refractivity contribution in [3.8, 4) is 17.1 Å². The van der Waals surface area contributed by atoms with Crippen molar-refractivity contribution in [2.24, 2.45) is 0 Å². The van der Waals surface area contributed by atoms with E-state index in [1.807, 2.05) is 48.7 Å². The van der Waals surface area contributed by atoms with Crippen LogP contribution < -0.4 is 10.1 Å². The summed E-state index contributed by atoms with van der Waals surface area (Å²) in [5, 5.41) is 9.12. The highest BCUT2D eigenvalue weighted by Crippen LogP contribution is 2.38. The van der Waals surface area contributed by atoms with Gasteiger partial charge < -0.3 is 14.6 Å². The lowest BCUT2D eigenvalue weighted by molar-refractivity contribution is 0.203. The van der Waals surface area contributed by atoms with Crippen LogP contribution in [0.15, 0.2) is 76.3 Å². The summed E-state index contributed by atoms with van der Waals surface area (Å²) in [4.78, 5) is 20.4. The van der Waals surface area contributed by atoms with Crippen LogP contribution in [-0.4, -0.2) is 28.2 Å². The smallest absolute Gasteiger partial charge is 0.322 e. The van der Waals surface area contributed by atoms with Gasteiger partial charge in [0, 0.05) is 16.1 Å². The maximum atomic E-state index is 13.7. The van der Waals surface area contributed by atoms with Crippen molar-refractivity contribution in [3.05, 3.63) is 93.9 Å². The molecule has 2 amide bonds. The summed E-state index contributed by atoms with van der Waals surface area (Å²) in [7, 11) is 1.59. The SMILES string of the molecule is COc1cccc(C2NC(=O)N(Cc3cccs3)C(C)=C2c2nc(-c3cccc(F)c3)no2)c1. The van der Waals surface area contributed by atoms with Crippen molar-refractivity contribution in [1.29, 1.82) is 0 Å². The molecule has 0 saturated carbocycles. The van der Waals surface area contributed by atoms with E-state index in [0.29, 0.717) is 29.1 Å². The molecule has 1 aliphatic heterocycles. The van der Waals surface area contributed by atoms with E-state index in [9.17, 15) is 9.18 Å². The number of carbonyl (C=O) groups excluding carboxylic acids is 1. The number of hydrogen-bond acceptors (Lipinski definition) is 6. The number of carbonyl (C=O) groups is 1. The Morgan fingerprint density at radius 1 is 1.18 bits per heavy atom. The molecule has 1 atom stereocenters. The highest BCUT2D eigenvalue weighted by Gasteiger charge is 2.36. The topological polar surface area (TPSA) is 80.5 Å². The number of benzene rings is 2. The van der Waals surface area contributed by atoms with E-state index in [2.05, 4.69) is 15.5 Å². The Morgan fingerprint density at radius 2 is 2.03 bits per heavy atom. The molecule has 1 aliphatic rings. The summed E-state index contributed by atoms with van der Waals surface area (Å²) in [5.41, 5.74) is 2.67. The number of thiophene rings is 1. The lowest BCUT2D eigenvalue weighted by Gasteiger charge is -2.35. The first-order valence-corrected chi connectivity index (χ1v) is 11.5. The average molecular weight is 477 g/mol. The van der Waals surface area contributed by atoms with Crippen LogP contribution in [0.25, 0.3) is 17.0 Å². The Hall–Kier alpha value is -3.98. The monoisotopic (exact) mass is 476 g/mol. The number of urea groups is 1. The second-order valence-electron chi connectivity index (χ2n) is 7.76. The van der Waals surface area contributed by atoms with Gasteiger partial charge in [0.2, 0.25) is 5.82 Å². The molecule has 7 nitrogen and oxygen atoms in total. The average Bonchev–Trinajstić information content (AvgIpc) is 3.54. The molecule has 0 spiro atoms. The van der Waals surface area contributed by atoms with E-state index >= 15 is 0 Å². The van der Waals surface area contributed by atoms with Gasteiger partial charge in [-0.05, 0) is 48.2 Å². The number of ether oxygens (including phenoxy) is 1. The fourth-order valence-corrected chi connectivity index (χ4v) is 4.65. The third-order valence-electron chi connectivity index (χ3n) is 5.66. The first-order valence-electron chi connectivity index (χ1n) is 10.6. The lowest BCUT2D eigenvalue weighted by Crippen LogP contribution is -2.45. The number of nitrogens with zero attached hydrogens (tertiary/aromatic N) is 3. The number of methoxy groups -OCH3 is 1. The van der Waals surface area contributed by atoms with Gasteiger partial charge in [-0.2, -0.15) is 4.98 Å². The molecule has 0 aliphatic carbocycles. The van der Waals surface area contributed by atoms with Crippen LogP contribution in [0.5, 0.6) is 5.75 Å². The molecule has 4 aromatic rings. The highest BCUT2D eigenvalue weighted by atomic mass is 32.1. The maximum Gasteiger partial charge on any atom is 0.322 e. The standard InChI is InChI=1S/C25H21FN4O3S/c1-15-21(24-28-23(29-33-24)17-7-3-8-18(26)12-17)22(16-6-4-9-19(13-16)32-2)27-25(31)30(15)14-20-10-5-11-34-20/h3-13,22H,14H2,1-2H3,(H,27,31). The molecule has 172 valence electrons. The molecule has 1 N–H and O–H groups in total. The van der Waals surface area contributed by atoms with Gasteiger partial charge in [-0.3, -0.25) is 4.90 Å². The van der Waals surface area contributed by atoms with Crippen molar-refractivity contribution in [3.63, 3.8) is 0 Å². The van der Waals surface area contributed by atoms with E-state index in [1.165, 1.54) is 12.1 Å². The molecule has 2 aromatic carbocycles. The molecular formula is C25H21FN4O3S. The number of amides is 2. The second-order valence-corrected chi connectivity index (χ2v) is 8.79. The zero-order valence-corrected chi connectivity index (χ0v) is 19.3. The van der Waals surface area contributed by atoms with Gasteiger partial charge in [0.25, 0.3) is 5.89 Å². The minimum Gasteiger partial charge on any atom is -0.497 e. The summed E-state index contributed by atoms with van der Waals surface area (Å²) < 4.78 is 24.8. The first-order chi connectivity index (χ1) is 16.5. The summed E-state index contributed by atoms with van der Waals surface area (Å²) in [5.74, 6) is 0.790. The van der Waals surface area contributed by atoms with E-state index < -0.39 is 6.04 Å². The largest absolute Gasteiger partial charge is 0.497 e. The van der Waals surface area contributed by atoms with Gasteiger partial charge in [0.05, 0.1) is 25.3 Å². The molecule has 34 heavy (non-hydrogen) atoms. The van der Waals surface area contributed by atoms with Gasteiger partial charge in [0.1, 0.15) is 11.6 Å². The molecule has 2 aromatic heterocycles. The summed E-state index contributed by atoms with van der Waals surface area (Å²) in [6.07, 6.45) is 0. The Balaban J connectivity index is 1.61. The number of halogens is 1. The molecule has 0 radical (unpaired) electrons. The Kier molecular flexibility index (Phi) is 5.85. The van der Waals surface area contributed by atoms with Crippen molar-refractivity contribution in [2.45, 2.75) is 19.5 Å². The van der Waals surface area contributed by atoms with Crippen molar-refractivity contribution < 1.29 is 18.4 Å². The maximum absolute atomic E-state index is 13.7. The Bertz CT molecular complexity index is 1370. The molecule has 0 saturated heterocycles. The van der Waals surface area contributed by atoms with Crippen LogP contribution in [0.3, 0.4) is 0 Å². The predicted octanol–water partition coefficient (Wildman–Crippen LogP) is 5.64. The number of allylic oxidation sites excluding steroid dienone is 1. The minimum atomic E-state index is -0.539. The van der Waals surface area contributed by atoms with E-state index in [0.717, 1.165) is 10.4 Å². The fourth-order valence-electron chi connectivity index (χ4n) is 3.96. The van der Waals surface area contributed by atoms with Crippen LogP contribution in [0.4, 0.5) is 9.18 Å². The number of rotatable bonds is 6. The third kappa shape index (κ3) is 4.17. The van der Waals surface area contributed by atoms with Crippen molar-refractivity contribution in [1.82, 2.24) is 20.4 Å². The van der Waals surface area contributed by atoms with Crippen molar-refractivity contribution >= 4 is 22.9 Å². The van der Waals surface area contributed by atoms with E-state index in [4.69, 9.17) is 9.26 Å². The molecule has 9 heteroatoms. The number of hydrogen-bond donors (Lipinski definition) is 1. The van der Waals surface area contributed by atoms with Crippen LogP contribution >= 0.6 is 11.3 Å². The molecular weight excluding hydrogens is 455 g/mol. The third-order valence-corrected chi connectivity index (χ3v) is 6.52. The van der Waals surface area contributed by atoms with Gasteiger partial charge in [-0.25, -0.2) is 9.18 Å². The second kappa shape index (κ2) is 9.11. The molecule has 1 unspecified atom stereocenters. The highest BCUT2D eigenvalue weighted by molar-refractivity contribution is 7.09. The summed E-state index contributed by atoms with van der Waals surface area (Å²) >= 11 is 1.57. The Labute approximate surface area is 199 Å². The van der Waals surface area contributed by atoms with E-state index in [-0.39, 0.29) is 23.6 Å². The minimum absolute atomic E-state index is 0.229. The lowest BCUT2D eigenvalue weighted by atomic mass is 9.94. The molecule has 3 heterocycles. The normalized spacial score (nSPS) is 16.0. The van der Waals surface area contributed by atoms with Crippen LogP contribution in [-0.2, 0) is 6.54 Å². The number of aromatic nitrogens is 2. The molecule has 0 bridgehead atoms. The van der Waals surface area contributed by atoms with E-state index in [1.54, 1.807) is 35.5 Å². The van der Waals surface area contributed by atoms with Crippen LogP contribution in [0.2, 0.25) is 0 Å². The molecule has 0 fully saturated rings. The van der Waals surface area contributed by atoms with Gasteiger partial charge in [-0.15, -0.1) is 11.3 Å². The van der Waals surface area contributed by atoms with Gasteiger partial charge in [-0.1, -0.05) is 35.5 Å². The Morgan fingerprint density at radius 3 is 2.79 bits per heavy atom. The zero-order valence-electron chi connectivity index (χ0n) is 18.5. The van der Waals surface area contributed by atoms with Crippen molar-refractivity contribution in [2.75, 3.05) is 7.11 Å². The predicted molar refractivity (Wildman–Crippen MR) is 126 cm³/mol. The van der Waals surface area contributed by atoms with Gasteiger partial charge in [0.15, 0.2) is 0 Å².